The van der Waals surface area contributed by atoms with Crippen molar-refractivity contribution in [3.8, 4) is 0 Å². The molecule has 1 aromatic heterocycles. The zero-order valence-electron chi connectivity index (χ0n) is 18.1. The number of hydrogen-bond acceptors (Lipinski definition) is 6. The van der Waals surface area contributed by atoms with E-state index in [0.717, 1.165) is 26.7 Å². The molecule has 0 saturated carbocycles. The molecule has 3 heterocycles. The fraction of sp³-hybridized carbons (Fsp3) is 0.217. The number of alkyl halides is 3. The highest BCUT2D eigenvalue weighted by Gasteiger charge is 2.37. The van der Waals surface area contributed by atoms with Gasteiger partial charge in [0.2, 0.25) is 5.69 Å². The number of thioether (sulfide) groups is 2. The summed E-state index contributed by atoms with van der Waals surface area (Å²) < 4.78 is 46.4. The number of fused-ring (bicyclic) bond motifs is 1. The number of benzene rings is 1. The van der Waals surface area contributed by atoms with Gasteiger partial charge in [-0.05, 0) is 24.3 Å². The average molecular weight is 493 g/mol. The topological polar surface area (TPSA) is 36.7 Å². The Morgan fingerprint density at radius 3 is 2.67 bits per heavy atom. The highest BCUT2D eigenvalue weighted by atomic mass is 32.2. The van der Waals surface area contributed by atoms with Crippen LogP contribution in [0, 0.1) is 0 Å². The Hall–Kier alpha value is -2.85. The number of carbonyl (C=O) groups is 1. The second-order valence-electron chi connectivity index (χ2n) is 7.41. The standard InChI is InChI=1S/C23H21F3N3O2S2/c1-14-21(22-28(3)17-9-8-15(23(24,25)26)11-18(17)32-22)33-19(29(14)13-20(30)31-4)12-16-7-5-6-10-27(16)2/h5-12H,1,13H2,2-4H3/q+1/b22-21+. The number of esters is 1. The van der Waals surface area contributed by atoms with E-state index in [-0.39, 0.29) is 6.54 Å². The predicted molar refractivity (Wildman–Crippen MR) is 124 cm³/mol. The quantitative estimate of drug-likeness (QED) is 0.445. The van der Waals surface area contributed by atoms with Crippen LogP contribution in [0.4, 0.5) is 18.9 Å². The van der Waals surface area contributed by atoms with E-state index in [1.165, 1.54) is 42.8 Å². The summed E-state index contributed by atoms with van der Waals surface area (Å²) in [5, 5.41) is 1.53. The molecule has 2 aromatic rings. The van der Waals surface area contributed by atoms with Crippen molar-refractivity contribution >= 4 is 41.3 Å². The number of aryl methyl sites for hydroxylation is 1. The van der Waals surface area contributed by atoms with Gasteiger partial charge in [-0.3, -0.25) is 4.79 Å². The number of nitrogens with zero attached hydrogens (tertiary/aromatic N) is 3. The van der Waals surface area contributed by atoms with Gasteiger partial charge < -0.3 is 14.5 Å². The number of carbonyl (C=O) groups excluding carboxylic acids is 1. The van der Waals surface area contributed by atoms with Crippen LogP contribution in [0.1, 0.15) is 11.3 Å². The molecule has 4 rings (SSSR count). The molecule has 0 atom stereocenters. The molecule has 0 spiro atoms. The van der Waals surface area contributed by atoms with Gasteiger partial charge in [-0.15, -0.1) is 0 Å². The number of halogens is 3. The van der Waals surface area contributed by atoms with Gasteiger partial charge in [0.15, 0.2) is 6.20 Å². The van der Waals surface area contributed by atoms with E-state index < -0.39 is 17.7 Å². The van der Waals surface area contributed by atoms with Crippen molar-refractivity contribution in [1.29, 1.82) is 0 Å². The van der Waals surface area contributed by atoms with Crippen LogP contribution in [0.25, 0.3) is 6.08 Å². The normalized spacial score (nSPS) is 19.5. The minimum atomic E-state index is -4.41. The first-order chi connectivity index (χ1) is 15.6. The monoisotopic (exact) mass is 492 g/mol. The van der Waals surface area contributed by atoms with Crippen LogP contribution in [0.15, 0.2) is 74.7 Å². The highest BCUT2D eigenvalue weighted by Crippen LogP contribution is 2.55. The molecule has 10 heteroatoms. The molecule has 2 aliphatic rings. The summed E-state index contributed by atoms with van der Waals surface area (Å²) in [7, 11) is 5.05. The first-order valence-electron chi connectivity index (χ1n) is 9.85. The molecule has 33 heavy (non-hydrogen) atoms. The summed E-state index contributed by atoms with van der Waals surface area (Å²) in [6.07, 6.45) is -0.546. The molecule has 0 radical (unpaired) electrons. The minimum absolute atomic E-state index is 0.0267. The average Bonchev–Trinajstić information content (AvgIpc) is 3.25. The Morgan fingerprint density at radius 1 is 1.24 bits per heavy atom. The maximum atomic E-state index is 13.2. The second-order valence-corrected chi connectivity index (χ2v) is 9.47. The van der Waals surface area contributed by atoms with Gasteiger partial charge in [0.1, 0.15) is 13.6 Å². The zero-order valence-corrected chi connectivity index (χ0v) is 19.8. The van der Waals surface area contributed by atoms with Gasteiger partial charge in [-0.1, -0.05) is 30.1 Å². The molecule has 5 nitrogen and oxygen atoms in total. The summed E-state index contributed by atoms with van der Waals surface area (Å²) in [4.78, 5) is 17.0. The number of anilines is 1. The first kappa shape index (κ1) is 23.3. The largest absolute Gasteiger partial charge is 0.468 e. The lowest BCUT2D eigenvalue weighted by molar-refractivity contribution is -0.673. The van der Waals surface area contributed by atoms with Gasteiger partial charge in [0, 0.05) is 30.2 Å². The number of aromatic nitrogens is 1. The van der Waals surface area contributed by atoms with Crippen LogP contribution >= 0.6 is 23.5 Å². The third kappa shape index (κ3) is 4.49. The molecule has 172 valence electrons. The summed E-state index contributed by atoms with van der Waals surface area (Å²) >= 11 is 2.69. The molecule has 2 aliphatic heterocycles. The van der Waals surface area contributed by atoms with Crippen LogP contribution in [0.3, 0.4) is 0 Å². The van der Waals surface area contributed by atoms with Crippen molar-refractivity contribution in [2.24, 2.45) is 7.05 Å². The maximum Gasteiger partial charge on any atom is 0.416 e. The number of rotatable bonds is 3. The lowest BCUT2D eigenvalue weighted by atomic mass is 10.2. The third-order valence-corrected chi connectivity index (χ3v) is 7.82. The van der Waals surface area contributed by atoms with Gasteiger partial charge in [-0.25, -0.2) is 4.57 Å². The fourth-order valence-electron chi connectivity index (χ4n) is 3.46. The van der Waals surface area contributed by atoms with Crippen LogP contribution < -0.4 is 9.47 Å². The van der Waals surface area contributed by atoms with E-state index >= 15 is 0 Å². The molecule has 0 amide bonds. The summed E-state index contributed by atoms with van der Waals surface area (Å²) in [5.74, 6) is -0.420. The van der Waals surface area contributed by atoms with Crippen LogP contribution in [-0.2, 0) is 22.8 Å². The van der Waals surface area contributed by atoms with Crippen LogP contribution in [0.5, 0.6) is 0 Å². The predicted octanol–water partition coefficient (Wildman–Crippen LogP) is 4.98. The second kappa shape index (κ2) is 8.83. The van der Waals surface area contributed by atoms with E-state index in [2.05, 4.69) is 6.58 Å². The molecule has 1 aromatic carbocycles. The van der Waals surface area contributed by atoms with E-state index in [4.69, 9.17) is 4.74 Å². The SMILES string of the molecule is C=C1/C(=C2\Sc3cc(C(F)(F)F)ccc3N2C)S/C(=C\c2cccc[n+]2C)N1CC(=O)OC. The van der Waals surface area contributed by atoms with Crippen molar-refractivity contribution in [2.75, 3.05) is 25.6 Å². The highest BCUT2D eigenvalue weighted by molar-refractivity contribution is 8.09. The number of hydrogen-bond donors (Lipinski definition) is 0. The van der Waals surface area contributed by atoms with Gasteiger partial charge in [0.05, 0.1) is 39.0 Å². The Labute approximate surface area is 198 Å². The van der Waals surface area contributed by atoms with E-state index in [9.17, 15) is 18.0 Å². The summed E-state index contributed by atoms with van der Waals surface area (Å²) in [6, 6.07) is 9.51. The molecule has 0 aliphatic carbocycles. The fourth-order valence-corrected chi connectivity index (χ4v) is 5.98. The van der Waals surface area contributed by atoms with Gasteiger partial charge in [0.25, 0.3) is 0 Å². The molecule has 1 fully saturated rings. The van der Waals surface area contributed by atoms with Crippen molar-refractivity contribution < 1.29 is 27.3 Å². The van der Waals surface area contributed by atoms with Crippen molar-refractivity contribution in [2.45, 2.75) is 11.1 Å². The lowest BCUT2D eigenvalue weighted by Gasteiger charge is -2.19. The molecule has 0 unspecified atom stereocenters. The molecule has 0 bridgehead atoms. The number of methoxy groups -OCH3 is 1. The van der Waals surface area contributed by atoms with Gasteiger partial charge in [-0.2, -0.15) is 13.2 Å². The maximum absolute atomic E-state index is 13.2. The van der Waals surface area contributed by atoms with Crippen LogP contribution in [0.2, 0.25) is 0 Å². The molecule has 1 saturated heterocycles. The Kier molecular flexibility index (Phi) is 6.24. The first-order valence-corrected chi connectivity index (χ1v) is 11.5. The van der Waals surface area contributed by atoms with E-state index in [1.807, 2.05) is 54.0 Å². The Balaban J connectivity index is 1.75. The van der Waals surface area contributed by atoms with E-state index in [0.29, 0.717) is 16.3 Å². The van der Waals surface area contributed by atoms with Gasteiger partial charge >= 0.3 is 12.1 Å². The van der Waals surface area contributed by atoms with Crippen molar-refractivity contribution in [3.63, 3.8) is 0 Å². The Bertz CT molecular complexity index is 1210. The molecule has 0 N–H and O–H groups in total. The summed E-state index contributed by atoms with van der Waals surface area (Å²) in [6.45, 7) is 4.16. The number of pyridine rings is 1. The number of ether oxygens (including phenoxy) is 1. The van der Waals surface area contributed by atoms with Crippen LogP contribution in [-0.4, -0.2) is 31.6 Å². The zero-order chi connectivity index (χ0) is 23.9. The summed E-state index contributed by atoms with van der Waals surface area (Å²) in [5.41, 5.74) is 1.51. The molecular formula is C23H21F3N3O2S2+. The lowest BCUT2D eigenvalue weighted by Crippen LogP contribution is -2.31. The smallest absolute Gasteiger partial charge is 0.416 e. The van der Waals surface area contributed by atoms with Crippen molar-refractivity contribution in [1.82, 2.24) is 4.90 Å². The van der Waals surface area contributed by atoms with Crippen molar-refractivity contribution in [3.05, 3.63) is 81.1 Å². The minimum Gasteiger partial charge on any atom is -0.468 e. The van der Waals surface area contributed by atoms with E-state index in [1.54, 1.807) is 4.90 Å². The molecular weight excluding hydrogens is 471 g/mol. The Morgan fingerprint density at radius 2 is 2.00 bits per heavy atom. The third-order valence-electron chi connectivity index (χ3n) is 5.30.